The SMILES string of the molecule is CC1(C)CCCCC1NC(=O)c1cnc(N)cn1. The largest absolute Gasteiger partial charge is 0.382 e. The number of nitrogen functional groups attached to an aromatic ring is 1. The number of carbonyl (C=O) groups is 1. The number of rotatable bonds is 2. The predicted octanol–water partition coefficient (Wildman–Crippen LogP) is 1.76. The molecule has 1 aliphatic rings. The third kappa shape index (κ3) is 2.78. The van der Waals surface area contributed by atoms with Gasteiger partial charge in [0.2, 0.25) is 0 Å². The van der Waals surface area contributed by atoms with Crippen molar-refractivity contribution in [3.8, 4) is 0 Å². The number of carbonyl (C=O) groups excluding carboxylic acids is 1. The highest BCUT2D eigenvalue weighted by Gasteiger charge is 2.33. The third-order valence-corrected chi connectivity index (χ3v) is 3.72. The zero-order chi connectivity index (χ0) is 13.2. The van der Waals surface area contributed by atoms with Crippen molar-refractivity contribution in [3.05, 3.63) is 18.1 Å². The van der Waals surface area contributed by atoms with E-state index in [9.17, 15) is 4.79 Å². The molecule has 0 bridgehead atoms. The summed E-state index contributed by atoms with van der Waals surface area (Å²) in [6, 6.07) is 0.207. The lowest BCUT2D eigenvalue weighted by Gasteiger charge is -2.38. The second-order valence-corrected chi connectivity index (χ2v) is 5.59. The number of nitrogens with one attached hydrogen (secondary N) is 1. The number of aromatic nitrogens is 2. The standard InChI is InChI=1S/C13H20N4O/c1-13(2)6-4-3-5-10(13)17-12(18)9-7-16-11(14)8-15-9/h7-8,10H,3-6H2,1-2H3,(H2,14,16)(H,17,18). The molecule has 5 nitrogen and oxygen atoms in total. The van der Waals surface area contributed by atoms with Crippen LogP contribution in [-0.2, 0) is 0 Å². The van der Waals surface area contributed by atoms with Crippen LogP contribution in [0.15, 0.2) is 12.4 Å². The molecule has 2 rings (SSSR count). The Labute approximate surface area is 107 Å². The monoisotopic (exact) mass is 248 g/mol. The maximum absolute atomic E-state index is 12.1. The molecule has 1 heterocycles. The predicted molar refractivity (Wildman–Crippen MR) is 69.9 cm³/mol. The average molecular weight is 248 g/mol. The molecule has 3 N–H and O–H groups in total. The zero-order valence-corrected chi connectivity index (χ0v) is 10.9. The highest BCUT2D eigenvalue weighted by atomic mass is 16.1. The first-order valence-corrected chi connectivity index (χ1v) is 6.37. The molecule has 1 saturated carbocycles. The number of anilines is 1. The van der Waals surface area contributed by atoms with E-state index in [1.807, 2.05) is 0 Å². The Kier molecular flexibility index (Phi) is 3.50. The van der Waals surface area contributed by atoms with Gasteiger partial charge in [-0.1, -0.05) is 26.7 Å². The van der Waals surface area contributed by atoms with Crippen molar-refractivity contribution in [2.75, 3.05) is 5.73 Å². The highest BCUT2D eigenvalue weighted by Crippen LogP contribution is 2.35. The number of hydrogen-bond acceptors (Lipinski definition) is 4. The molecular formula is C13H20N4O. The quantitative estimate of drug-likeness (QED) is 0.835. The van der Waals surface area contributed by atoms with Crippen molar-refractivity contribution in [1.82, 2.24) is 15.3 Å². The Morgan fingerprint density at radius 3 is 2.78 bits per heavy atom. The molecule has 1 unspecified atom stereocenters. The maximum atomic E-state index is 12.1. The zero-order valence-electron chi connectivity index (χ0n) is 10.9. The van der Waals surface area contributed by atoms with Gasteiger partial charge in [-0.15, -0.1) is 0 Å². The van der Waals surface area contributed by atoms with Crippen LogP contribution in [0.1, 0.15) is 50.0 Å². The van der Waals surface area contributed by atoms with Gasteiger partial charge in [-0.3, -0.25) is 4.79 Å². The van der Waals surface area contributed by atoms with Crippen molar-refractivity contribution < 1.29 is 4.79 Å². The summed E-state index contributed by atoms with van der Waals surface area (Å²) in [5.41, 5.74) is 5.92. The molecule has 1 atom stereocenters. The van der Waals surface area contributed by atoms with E-state index >= 15 is 0 Å². The van der Waals surface area contributed by atoms with Crippen LogP contribution < -0.4 is 11.1 Å². The molecule has 1 fully saturated rings. The second kappa shape index (κ2) is 4.92. The lowest BCUT2D eigenvalue weighted by atomic mass is 9.73. The van der Waals surface area contributed by atoms with Crippen LogP contribution in [0.2, 0.25) is 0 Å². The number of nitrogens with zero attached hydrogens (tertiary/aromatic N) is 2. The van der Waals surface area contributed by atoms with E-state index in [2.05, 4.69) is 29.1 Å². The molecule has 1 aliphatic carbocycles. The van der Waals surface area contributed by atoms with Gasteiger partial charge in [0.15, 0.2) is 0 Å². The Bertz CT molecular complexity index is 427. The van der Waals surface area contributed by atoms with Crippen LogP contribution in [0.4, 0.5) is 5.82 Å². The van der Waals surface area contributed by atoms with Gasteiger partial charge in [0, 0.05) is 6.04 Å². The van der Waals surface area contributed by atoms with Gasteiger partial charge in [-0.2, -0.15) is 0 Å². The highest BCUT2D eigenvalue weighted by molar-refractivity contribution is 5.92. The molecule has 5 heteroatoms. The minimum Gasteiger partial charge on any atom is -0.382 e. The van der Waals surface area contributed by atoms with Gasteiger partial charge < -0.3 is 11.1 Å². The normalized spacial score (nSPS) is 22.4. The molecule has 1 amide bonds. The molecule has 18 heavy (non-hydrogen) atoms. The number of amides is 1. The summed E-state index contributed by atoms with van der Waals surface area (Å²) in [6.45, 7) is 4.40. The first-order valence-electron chi connectivity index (χ1n) is 6.37. The Balaban J connectivity index is 2.04. The summed E-state index contributed by atoms with van der Waals surface area (Å²) in [5, 5.41) is 3.06. The van der Waals surface area contributed by atoms with Crippen molar-refractivity contribution in [2.45, 2.75) is 45.6 Å². The van der Waals surface area contributed by atoms with Crippen LogP contribution in [0.3, 0.4) is 0 Å². The average Bonchev–Trinajstić information content (AvgIpc) is 2.32. The number of hydrogen-bond donors (Lipinski definition) is 2. The van der Waals surface area contributed by atoms with Gasteiger partial charge >= 0.3 is 0 Å². The molecule has 1 aromatic rings. The molecule has 98 valence electrons. The van der Waals surface area contributed by atoms with Crippen LogP contribution in [0.5, 0.6) is 0 Å². The van der Waals surface area contributed by atoms with E-state index < -0.39 is 0 Å². The molecule has 0 aliphatic heterocycles. The summed E-state index contributed by atoms with van der Waals surface area (Å²) < 4.78 is 0. The van der Waals surface area contributed by atoms with Gasteiger partial charge in [-0.25, -0.2) is 9.97 Å². The molecule has 0 spiro atoms. The van der Waals surface area contributed by atoms with Crippen LogP contribution in [0, 0.1) is 5.41 Å². The molecule has 0 radical (unpaired) electrons. The summed E-state index contributed by atoms with van der Waals surface area (Å²) in [4.78, 5) is 19.9. The Morgan fingerprint density at radius 2 is 2.17 bits per heavy atom. The Morgan fingerprint density at radius 1 is 1.39 bits per heavy atom. The van der Waals surface area contributed by atoms with Crippen molar-refractivity contribution in [2.24, 2.45) is 5.41 Å². The van der Waals surface area contributed by atoms with Gasteiger partial charge in [0.05, 0.1) is 12.4 Å². The molecular weight excluding hydrogens is 228 g/mol. The second-order valence-electron chi connectivity index (χ2n) is 5.59. The summed E-state index contributed by atoms with van der Waals surface area (Å²) in [6.07, 6.45) is 7.40. The third-order valence-electron chi connectivity index (χ3n) is 3.72. The van der Waals surface area contributed by atoms with Gasteiger partial charge in [0.1, 0.15) is 11.5 Å². The van der Waals surface area contributed by atoms with E-state index in [-0.39, 0.29) is 17.4 Å². The van der Waals surface area contributed by atoms with Crippen molar-refractivity contribution >= 4 is 11.7 Å². The summed E-state index contributed by atoms with van der Waals surface area (Å²) >= 11 is 0. The minimum absolute atomic E-state index is 0.148. The van der Waals surface area contributed by atoms with Crippen LogP contribution >= 0.6 is 0 Å². The van der Waals surface area contributed by atoms with E-state index in [0.717, 1.165) is 12.8 Å². The van der Waals surface area contributed by atoms with E-state index in [0.29, 0.717) is 11.5 Å². The summed E-state index contributed by atoms with van der Waals surface area (Å²) in [5.74, 6) is 0.159. The maximum Gasteiger partial charge on any atom is 0.271 e. The lowest BCUT2D eigenvalue weighted by molar-refractivity contribution is 0.0848. The van der Waals surface area contributed by atoms with E-state index in [1.165, 1.54) is 25.2 Å². The first-order chi connectivity index (χ1) is 8.49. The van der Waals surface area contributed by atoms with E-state index in [4.69, 9.17) is 5.73 Å². The van der Waals surface area contributed by atoms with Crippen molar-refractivity contribution in [1.29, 1.82) is 0 Å². The fraction of sp³-hybridized carbons (Fsp3) is 0.615. The Hall–Kier alpha value is -1.65. The topological polar surface area (TPSA) is 80.9 Å². The minimum atomic E-state index is -0.164. The first kappa shape index (κ1) is 12.8. The summed E-state index contributed by atoms with van der Waals surface area (Å²) in [7, 11) is 0. The van der Waals surface area contributed by atoms with Gasteiger partial charge in [-0.05, 0) is 18.3 Å². The molecule has 0 aromatic carbocycles. The molecule has 0 saturated heterocycles. The smallest absolute Gasteiger partial charge is 0.271 e. The molecule has 1 aromatic heterocycles. The van der Waals surface area contributed by atoms with Crippen LogP contribution in [0.25, 0.3) is 0 Å². The number of nitrogens with two attached hydrogens (primary N) is 1. The lowest BCUT2D eigenvalue weighted by Crippen LogP contribution is -2.47. The fourth-order valence-corrected chi connectivity index (χ4v) is 2.45. The van der Waals surface area contributed by atoms with Crippen molar-refractivity contribution in [3.63, 3.8) is 0 Å². The van der Waals surface area contributed by atoms with Gasteiger partial charge in [0.25, 0.3) is 5.91 Å². The van der Waals surface area contributed by atoms with E-state index in [1.54, 1.807) is 0 Å². The fourth-order valence-electron chi connectivity index (χ4n) is 2.45. The van der Waals surface area contributed by atoms with Crippen LogP contribution in [-0.4, -0.2) is 21.9 Å².